The number of methoxy groups -OCH3 is 1. The Hall–Kier alpha value is -3.91. The van der Waals surface area contributed by atoms with Gasteiger partial charge in [-0.3, -0.25) is 9.36 Å². The van der Waals surface area contributed by atoms with E-state index >= 15 is 0 Å². The van der Waals surface area contributed by atoms with Gasteiger partial charge in [-0.2, -0.15) is 0 Å². The topological polar surface area (TPSA) is 58.2 Å². The molecule has 172 valence electrons. The van der Waals surface area contributed by atoms with Crippen molar-refractivity contribution in [3.05, 3.63) is 104 Å². The second-order valence-electron chi connectivity index (χ2n) is 7.88. The van der Waals surface area contributed by atoms with Crippen molar-refractivity contribution in [1.29, 1.82) is 0 Å². The van der Waals surface area contributed by atoms with Crippen molar-refractivity contribution >= 4 is 33.5 Å². The van der Waals surface area contributed by atoms with E-state index in [0.717, 1.165) is 10.6 Å². The Morgan fingerprint density at radius 3 is 2.47 bits per heavy atom. The van der Waals surface area contributed by atoms with Crippen molar-refractivity contribution in [2.24, 2.45) is 7.05 Å². The van der Waals surface area contributed by atoms with Crippen LogP contribution in [0.15, 0.2) is 70.3 Å². The van der Waals surface area contributed by atoms with Gasteiger partial charge in [0.1, 0.15) is 22.9 Å². The predicted molar refractivity (Wildman–Crippen MR) is 127 cm³/mol. The second-order valence-corrected chi connectivity index (χ2v) is 8.28. The minimum absolute atomic E-state index is 0.00137. The van der Waals surface area contributed by atoms with Gasteiger partial charge in [0.2, 0.25) is 0 Å². The Morgan fingerprint density at radius 2 is 1.76 bits per heavy atom. The number of aromatic nitrogens is 3. The van der Waals surface area contributed by atoms with Crippen LogP contribution < -0.4 is 16.0 Å². The Morgan fingerprint density at radius 1 is 0.971 bits per heavy atom. The van der Waals surface area contributed by atoms with Gasteiger partial charge in [-0.1, -0.05) is 23.7 Å². The molecule has 0 saturated carbocycles. The average molecular weight is 482 g/mol. The summed E-state index contributed by atoms with van der Waals surface area (Å²) in [5, 5.41) is 0.411. The van der Waals surface area contributed by atoms with Gasteiger partial charge in [0.05, 0.1) is 35.4 Å². The van der Waals surface area contributed by atoms with Crippen molar-refractivity contribution in [1.82, 2.24) is 13.7 Å². The molecule has 5 aromatic rings. The highest BCUT2D eigenvalue weighted by Gasteiger charge is 2.22. The summed E-state index contributed by atoms with van der Waals surface area (Å²) in [6.45, 7) is -0.00137. The van der Waals surface area contributed by atoms with E-state index in [9.17, 15) is 18.4 Å². The number of nitrogens with zero attached hydrogens (tertiary/aromatic N) is 3. The van der Waals surface area contributed by atoms with Crippen LogP contribution in [-0.2, 0) is 13.6 Å². The highest BCUT2D eigenvalue weighted by molar-refractivity contribution is 6.30. The van der Waals surface area contributed by atoms with Gasteiger partial charge < -0.3 is 9.30 Å². The number of rotatable bonds is 4. The van der Waals surface area contributed by atoms with Gasteiger partial charge in [-0.25, -0.2) is 18.1 Å². The minimum atomic E-state index is -0.670. The predicted octanol–water partition coefficient (Wildman–Crippen LogP) is 4.63. The number of halogens is 3. The first-order chi connectivity index (χ1) is 16.3. The molecule has 0 aliphatic rings. The number of benzene rings is 3. The molecule has 0 spiro atoms. The number of fused-ring (bicyclic) bond motifs is 3. The molecule has 2 heterocycles. The van der Waals surface area contributed by atoms with Gasteiger partial charge >= 0.3 is 5.69 Å². The van der Waals surface area contributed by atoms with Gasteiger partial charge in [-0.15, -0.1) is 0 Å². The first-order valence-electron chi connectivity index (χ1n) is 10.3. The standard InChI is InChI=1S/C25H18ClF2N3O3/c1-29-21-9-7-17(34-2)12-18(21)22-23(29)24(32)31(16-6-8-20(28)19(26)11-16)25(33)30(22)13-14-4-3-5-15(27)10-14/h3-12H,13H2,1-2H3. The lowest BCUT2D eigenvalue weighted by Crippen LogP contribution is -2.39. The zero-order valence-electron chi connectivity index (χ0n) is 18.2. The van der Waals surface area contributed by atoms with E-state index in [0.29, 0.717) is 27.7 Å². The van der Waals surface area contributed by atoms with Crippen LogP contribution in [0.5, 0.6) is 5.75 Å². The number of ether oxygens (including phenoxy) is 1. The lowest BCUT2D eigenvalue weighted by atomic mass is 10.2. The molecule has 6 nitrogen and oxygen atoms in total. The Kier molecular flexibility index (Phi) is 5.25. The highest BCUT2D eigenvalue weighted by Crippen LogP contribution is 2.30. The smallest absolute Gasteiger partial charge is 0.336 e. The summed E-state index contributed by atoms with van der Waals surface area (Å²) in [6, 6.07) is 14.8. The van der Waals surface area contributed by atoms with Crippen molar-refractivity contribution in [2.45, 2.75) is 6.54 Å². The molecule has 0 radical (unpaired) electrons. The fraction of sp³-hybridized carbons (Fsp3) is 0.120. The molecule has 5 rings (SSSR count). The minimum Gasteiger partial charge on any atom is -0.497 e. The van der Waals surface area contributed by atoms with Crippen LogP contribution in [0.3, 0.4) is 0 Å². The van der Waals surface area contributed by atoms with Crippen LogP contribution in [0.25, 0.3) is 27.6 Å². The van der Waals surface area contributed by atoms with E-state index in [1.54, 1.807) is 41.9 Å². The molecule has 0 aliphatic carbocycles. The summed E-state index contributed by atoms with van der Waals surface area (Å²) in [5.41, 5.74) is 0.746. The summed E-state index contributed by atoms with van der Waals surface area (Å²) in [5.74, 6) is -0.560. The van der Waals surface area contributed by atoms with E-state index in [1.807, 2.05) is 0 Å². The maximum atomic E-state index is 13.9. The quantitative estimate of drug-likeness (QED) is 0.376. The molecule has 0 bridgehead atoms. The lowest BCUT2D eigenvalue weighted by Gasteiger charge is -2.14. The normalized spacial score (nSPS) is 11.4. The summed E-state index contributed by atoms with van der Waals surface area (Å²) >= 11 is 5.94. The summed E-state index contributed by atoms with van der Waals surface area (Å²) < 4.78 is 37.1. The molecule has 34 heavy (non-hydrogen) atoms. The van der Waals surface area contributed by atoms with E-state index in [1.165, 1.54) is 35.9 Å². The molecule has 0 saturated heterocycles. The third kappa shape index (κ3) is 3.38. The molecule has 0 amide bonds. The maximum Gasteiger partial charge on any atom is 0.336 e. The summed E-state index contributed by atoms with van der Waals surface area (Å²) in [4.78, 5) is 27.4. The molecule has 0 N–H and O–H groups in total. The molecule has 0 unspecified atom stereocenters. The largest absolute Gasteiger partial charge is 0.497 e. The summed E-state index contributed by atoms with van der Waals surface area (Å²) in [7, 11) is 3.24. The van der Waals surface area contributed by atoms with Crippen molar-refractivity contribution < 1.29 is 13.5 Å². The van der Waals surface area contributed by atoms with Crippen molar-refractivity contribution in [3.63, 3.8) is 0 Å². The van der Waals surface area contributed by atoms with Crippen LogP contribution in [0, 0.1) is 11.6 Å². The Bertz CT molecular complexity index is 1720. The van der Waals surface area contributed by atoms with Crippen LogP contribution in [0.4, 0.5) is 8.78 Å². The number of aryl methyl sites for hydroxylation is 1. The Labute approximate surface area is 196 Å². The monoisotopic (exact) mass is 481 g/mol. The van der Waals surface area contributed by atoms with E-state index in [2.05, 4.69) is 0 Å². The molecule has 0 aliphatic heterocycles. The molecule has 3 aromatic carbocycles. The van der Waals surface area contributed by atoms with Crippen molar-refractivity contribution in [2.75, 3.05) is 7.11 Å². The van der Waals surface area contributed by atoms with Crippen LogP contribution >= 0.6 is 11.6 Å². The highest BCUT2D eigenvalue weighted by atomic mass is 35.5. The zero-order chi connectivity index (χ0) is 24.1. The first-order valence-corrected chi connectivity index (χ1v) is 10.7. The van der Waals surface area contributed by atoms with Gasteiger partial charge in [0, 0.05) is 12.4 Å². The van der Waals surface area contributed by atoms with Crippen molar-refractivity contribution in [3.8, 4) is 11.4 Å². The third-order valence-corrected chi connectivity index (χ3v) is 6.16. The molecule has 0 atom stereocenters. The molecular weight excluding hydrogens is 464 g/mol. The zero-order valence-corrected chi connectivity index (χ0v) is 18.9. The SMILES string of the molecule is COc1ccc2c(c1)c1c(c(=O)n(-c3ccc(F)c(Cl)c3)c(=O)n1Cc1cccc(F)c1)n2C. The number of hydrogen-bond acceptors (Lipinski definition) is 3. The maximum absolute atomic E-state index is 13.9. The average Bonchev–Trinajstić information content (AvgIpc) is 3.11. The van der Waals surface area contributed by atoms with Crippen LogP contribution in [0.2, 0.25) is 5.02 Å². The first kappa shape index (κ1) is 21.9. The van der Waals surface area contributed by atoms with E-state index in [4.69, 9.17) is 16.3 Å². The van der Waals surface area contributed by atoms with Gasteiger partial charge in [0.15, 0.2) is 0 Å². The Balaban J connectivity index is 1.94. The number of hydrogen-bond donors (Lipinski definition) is 0. The van der Waals surface area contributed by atoms with Crippen LogP contribution in [0.1, 0.15) is 5.56 Å². The van der Waals surface area contributed by atoms with E-state index < -0.39 is 22.9 Å². The van der Waals surface area contributed by atoms with Crippen LogP contribution in [-0.4, -0.2) is 20.8 Å². The van der Waals surface area contributed by atoms with Gasteiger partial charge in [-0.05, 0) is 54.1 Å². The van der Waals surface area contributed by atoms with E-state index in [-0.39, 0.29) is 22.8 Å². The molecule has 0 fully saturated rings. The lowest BCUT2D eigenvalue weighted by molar-refractivity contribution is 0.415. The second kappa shape index (κ2) is 8.14. The molecule has 2 aromatic heterocycles. The fourth-order valence-corrected chi connectivity index (χ4v) is 4.45. The molecular formula is C25H18ClF2N3O3. The van der Waals surface area contributed by atoms with Gasteiger partial charge in [0.25, 0.3) is 5.56 Å². The fourth-order valence-electron chi connectivity index (χ4n) is 4.27. The molecule has 9 heteroatoms. The third-order valence-electron chi connectivity index (χ3n) is 5.87. The summed E-state index contributed by atoms with van der Waals surface area (Å²) in [6.07, 6.45) is 0.